The Hall–Kier alpha value is -1.40. The molecule has 6 heteroatoms. The molecule has 18 heavy (non-hydrogen) atoms. The fourth-order valence-electron chi connectivity index (χ4n) is 2.02. The van der Waals surface area contributed by atoms with Crippen LogP contribution in [0.5, 0.6) is 0 Å². The fourth-order valence-corrected chi connectivity index (χ4v) is 2.55. The molecule has 1 heterocycles. The Morgan fingerprint density at radius 2 is 2.00 bits per heavy atom. The van der Waals surface area contributed by atoms with Crippen LogP contribution in [0.2, 0.25) is 0 Å². The molecule has 0 bridgehead atoms. The summed E-state index contributed by atoms with van der Waals surface area (Å²) in [4.78, 5) is 13.6. The van der Waals surface area contributed by atoms with Crippen LogP contribution >= 0.6 is 0 Å². The maximum atomic E-state index is 12.1. The molecule has 1 amide bonds. The zero-order valence-electron chi connectivity index (χ0n) is 10.3. The van der Waals surface area contributed by atoms with Crippen LogP contribution in [0.4, 0.5) is 0 Å². The number of rotatable bonds is 2. The minimum absolute atomic E-state index is 0.328. The van der Waals surface area contributed by atoms with Crippen LogP contribution in [-0.2, 0) is 25.5 Å². The molecular weight excluding hydrogens is 254 g/mol. The monoisotopic (exact) mass is 269 g/mol. The number of nitrogens with zero attached hydrogens (tertiary/aromatic N) is 1. The highest BCUT2D eigenvalue weighted by atomic mass is 32.2. The Balaban J connectivity index is 2.48. The lowest BCUT2D eigenvalue weighted by Gasteiger charge is -2.19. The molecule has 0 fully saturated rings. The summed E-state index contributed by atoms with van der Waals surface area (Å²) in [5.74, 6) is -0.328. The quantitative estimate of drug-likeness (QED) is 0.742. The fraction of sp³-hybridized carbons (Fsp3) is 0.417. The van der Waals surface area contributed by atoms with E-state index in [1.807, 2.05) is 12.1 Å². The van der Waals surface area contributed by atoms with E-state index in [0.29, 0.717) is 18.5 Å². The third-order valence-corrected chi connectivity index (χ3v) is 3.47. The molecular formula is C12H15NO4S. The Labute approximate surface area is 106 Å². The number of benzene rings is 1. The summed E-state index contributed by atoms with van der Waals surface area (Å²) in [6.07, 6.45) is 0.583. The van der Waals surface area contributed by atoms with Crippen LogP contribution < -0.4 is 0 Å². The molecule has 5 nitrogen and oxygen atoms in total. The number of hydrogen-bond acceptors (Lipinski definition) is 4. The third kappa shape index (κ3) is 2.70. The van der Waals surface area contributed by atoms with Gasteiger partial charge in [-0.05, 0) is 17.5 Å². The van der Waals surface area contributed by atoms with Crippen molar-refractivity contribution in [1.29, 1.82) is 0 Å². The first-order valence-electron chi connectivity index (χ1n) is 5.59. The van der Waals surface area contributed by atoms with Crippen LogP contribution in [-0.4, -0.2) is 39.1 Å². The molecule has 0 N–H and O–H groups in total. The highest BCUT2D eigenvalue weighted by Gasteiger charge is 2.32. The smallest absolute Gasteiger partial charge is 0.265 e. The van der Waals surface area contributed by atoms with Crippen molar-refractivity contribution in [2.24, 2.45) is 0 Å². The molecule has 1 aliphatic rings. The Morgan fingerprint density at radius 1 is 1.33 bits per heavy atom. The molecule has 1 aliphatic heterocycles. The Bertz CT molecular complexity index is 567. The average molecular weight is 269 g/mol. The van der Waals surface area contributed by atoms with Crippen LogP contribution in [0.3, 0.4) is 0 Å². The molecule has 0 radical (unpaired) electrons. The van der Waals surface area contributed by atoms with Gasteiger partial charge in [0.2, 0.25) is 0 Å². The maximum Gasteiger partial charge on any atom is 0.265 e. The van der Waals surface area contributed by atoms with E-state index in [4.69, 9.17) is 4.18 Å². The normalized spacial score (nSPS) is 20.4. The van der Waals surface area contributed by atoms with Crippen LogP contribution in [0.15, 0.2) is 24.3 Å². The summed E-state index contributed by atoms with van der Waals surface area (Å²) in [5, 5.41) is 0. The molecule has 2 rings (SSSR count). The van der Waals surface area contributed by atoms with Crippen molar-refractivity contribution >= 4 is 16.0 Å². The molecule has 1 atom stereocenters. The minimum Gasteiger partial charge on any atom is -0.343 e. The van der Waals surface area contributed by atoms with Gasteiger partial charge < -0.3 is 4.90 Å². The van der Waals surface area contributed by atoms with E-state index in [9.17, 15) is 13.2 Å². The van der Waals surface area contributed by atoms with E-state index in [1.54, 1.807) is 19.2 Å². The number of amides is 1. The number of likely N-dealkylation sites (N-methyl/N-ethyl adjacent to an activating group) is 1. The second kappa shape index (κ2) is 4.70. The van der Waals surface area contributed by atoms with Gasteiger partial charge in [-0.25, -0.2) is 0 Å². The largest absolute Gasteiger partial charge is 0.343 e. The zero-order valence-corrected chi connectivity index (χ0v) is 11.1. The Kier molecular flexibility index (Phi) is 3.41. The van der Waals surface area contributed by atoms with Crippen molar-refractivity contribution < 1.29 is 17.4 Å². The van der Waals surface area contributed by atoms with E-state index >= 15 is 0 Å². The number of carbonyl (C=O) groups excluding carboxylic acids is 1. The number of hydrogen-bond donors (Lipinski definition) is 0. The predicted octanol–water partition coefficient (Wildman–Crippen LogP) is 0.718. The molecule has 0 saturated heterocycles. The second-order valence-corrected chi connectivity index (χ2v) is 5.99. The number of carbonyl (C=O) groups is 1. The molecule has 0 spiro atoms. The SMILES string of the molecule is CN1CCc2ccccc2C(OS(C)(=O)=O)C1=O. The van der Waals surface area contributed by atoms with Crippen molar-refractivity contribution in [2.45, 2.75) is 12.5 Å². The van der Waals surface area contributed by atoms with Gasteiger partial charge in [-0.15, -0.1) is 0 Å². The van der Waals surface area contributed by atoms with Gasteiger partial charge in [-0.3, -0.25) is 8.98 Å². The standard InChI is InChI=1S/C12H15NO4S/c1-13-8-7-9-5-3-4-6-10(9)11(12(13)14)17-18(2,15)16/h3-6,11H,7-8H2,1-2H3. The average Bonchev–Trinajstić information content (AvgIpc) is 2.41. The first-order chi connectivity index (χ1) is 8.38. The van der Waals surface area contributed by atoms with Gasteiger partial charge in [0.15, 0.2) is 6.10 Å². The van der Waals surface area contributed by atoms with Gasteiger partial charge in [0.25, 0.3) is 16.0 Å². The zero-order chi connectivity index (χ0) is 13.3. The summed E-state index contributed by atoms with van der Waals surface area (Å²) in [6, 6.07) is 7.27. The van der Waals surface area contributed by atoms with Gasteiger partial charge in [-0.1, -0.05) is 24.3 Å². The summed E-state index contributed by atoms with van der Waals surface area (Å²) >= 11 is 0. The Morgan fingerprint density at radius 3 is 2.67 bits per heavy atom. The minimum atomic E-state index is -3.69. The van der Waals surface area contributed by atoms with E-state index in [1.165, 1.54) is 4.90 Å². The summed E-state index contributed by atoms with van der Waals surface area (Å²) in [6.45, 7) is 0.555. The van der Waals surface area contributed by atoms with Crippen LogP contribution in [0.25, 0.3) is 0 Å². The second-order valence-electron chi connectivity index (χ2n) is 4.39. The summed E-state index contributed by atoms with van der Waals surface area (Å²) < 4.78 is 27.5. The van der Waals surface area contributed by atoms with Crippen LogP contribution in [0, 0.1) is 0 Å². The third-order valence-electron chi connectivity index (χ3n) is 2.93. The maximum absolute atomic E-state index is 12.1. The van der Waals surface area contributed by atoms with E-state index < -0.39 is 16.2 Å². The van der Waals surface area contributed by atoms with Gasteiger partial charge in [0.1, 0.15) is 0 Å². The first-order valence-corrected chi connectivity index (χ1v) is 7.41. The number of fused-ring (bicyclic) bond motifs is 1. The van der Waals surface area contributed by atoms with E-state index in [0.717, 1.165) is 11.8 Å². The van der Waals surface area contributed by atoms with Crippen molar-refractivity contribution in [3.05, 3.63) is 35.4 Å². The molecule has 0 aliphatic carbocycles. The van der Waals surface area contributed by atoms with Crippen molar-refractivity contribution in [3.63, 3.8) is 0 Å². The summed E-state index contributed by atoms with van der Waals surface area (Å²) in [7, 11) is -2.04. The molecule has 98 valence electrons. The lowest BCUT2D eigenvalue weighted by molar-refractivity contribution is -0.137. The molecule has 1 aromatic rings. The van der Waals surface area contributed by atoms with Crippen molar-refractivity contribution in [3.8, 4) is 0 Å². The van der Waals surface area contributed by atoms with Gasteiger partial charge in [0, 0.05) is 13.6 Å². The molecule has 0 saturated carbocycles. The molecule has 1 aromatic carbocycles. The van der Waals surface area contributed by atoms with E-state index in [-0.39, 0.29) is 5.91 Å². The van der Waals surface area contributed by atoms with Gasteiger partial charge in [-0.2, -0.15) is 8.42 Å². The van der Waals surface area contributed by atoms with Gasteiger partial charge >= 0.3 is 0 Å². The van der Waals surface area contributed by atoms with E-state index in [2.05, 4.69) is 0 Å². The lowest BCUT2D eigenvalue weighted by atomic mass is 10.0. The van der Waals surface area contributed by atoms with Gasteiger partial charge in [0.05, 0.1) is 6.26 Å². The summed E-state index contributed by atoms with van der Waals surface area (Å²) in [5.41, 5.74) is 1.58. The first kappa shape index (κ1) is 13.0. The molecule has 0 aromatic heterocycles. The van der Waals surface area contributed by atoms with Crippen molar-refractivity contribution in [2.75, 3.05) is 19.8 Å². The highest BCUT2D eigenvalue weighted by Crippen LogP contribution is 2.28. The van der Waals surface area contributed by atoms with Crippen molar-refractivity contribution in [1.82, 2.24) is 4.90 Å². The van der Waals surface area contributed by atoms with Crippen LogP contribution in [0.1, 0.15) is 17.2 Å². The predicted molar refractivity (Wildman–Crippen MR) is 66.5 cm³/mol. The molecule has 1 unspecified atom stereocenters. The lowest BCUT2D eigenvalue weighted by Crippen LogP contribution is -2.32. The topological polar surface area (TPSA) is 63.7 Å². The highest BCUT2D eigenvalue weighted by molar-refractivity contribution is 7.86.